The summed E-state index contributed by atoms with van der Waals surface area (Å²) in [6.07, 6.45) is 0. The Hall–Kier alpha value is -3.86. The maximum Gasteiger partial charge on any atom is 0.256 e. The van der Waals surface area contributed by atoms with Crippen LogP contribution < -0.4 is 14.8 Å². The minimum Gasteiger partial charge on any atom is -0.497 e. The minimum atomic E-state index is -0.215. The van der Waals surface area contributed by atoms with Crippen molar-refractivity contribution in [1.29, 1.82) is 0 Å². The quantitative estimate of drug-likeness (QED) is 0.484. The second-order valence-corrected chi connectivity index (χ2v) is 6.96. The molecule has 0 unspecified atom stereocenters. The fraction of sp³-hybridized carbons (Fsp3) is 0.120. The number of carbonyl (C=O) groups is 1. The van der Waals surface area contributed by atoms with Gasteiger partial charge >= 0.3 is 0 Å². The number of aryl methyl sites for hydroxylation is 1. The number of carbonyl (C=O) groups excluding carboxylic acids is 1. The monoisotopic (exact) mass is 398 g/mol. The summed E-state index contributed by atoms with van der Waals surface area (Å²) >= 11 is 0. The number of fused-ring (bicyclic) bond motifs is 1. The molecule has 150 valence electrons. The number of nitrogens with one attached hydrogen (secondary N) is 1. The van der Waals surface area contributed by atoms with Gasteiger partial charge in [0.25, 0.3) is 5.91 Å². The molecule has 0 fully saturated rings. The van der Waals surface area contributed by atoms with Crippen molar-refractivity contribution in [3.05, 3.63) is 83.9 Å². The molecule has 5 heteroatoms. The Kier molecular flexibility index (Phi) is 5.35. The van der Waals surface area contributed by atoms with Gasteiger partial charge in [-0.05, 0) is 61.5 Å². The maximum atomic E-state index is 13.3. The van der Waals surface area contributed by atoms with E-state index in [0.717, 1.165) is 33.5 Å². The fourth-order valence-corrected chi connectivity index (χ4v) is 3.37. The van der Waals surface area contributed by atoms with Crippen molar-refractivity contribution in [3.63, 3.8) is 0 Å². The van der Waals surface area contributed by atoms with Gasteiger partial charge in [0, 0.05) is 10.9 Å². The van der Waals surface area contributed by atoms with Crippen LogP contribution in [-0.4, -0.2) is 25.1 Å². The molecule has 1 amide bonds. The molecule has 0 saturated heterocycles. The van der Waals surface area contributed by atoms with Gasteiger partial charge in [-0.15, -0.1) is 0 Å². The SMILES string of the molecule is COc1ccc(-c2cc(C(=O)Nc3ccccc3OC)c3cc(C)ccc3n2)cc1. The summed E-state index contributed by atoms with van der Waals surface area (Å²) in [6.45, 7) is 2.00. The number of hydrogen-bond donors (Lipinski definition) is 1. The molecule has 0 aliphatic heterocycles. The molecule has 1 N–H and O–H groups in total. The molecule has 4 rings (SSSR count). The Balaban J connectivity index is 1.82. The zero-order valence-electron chi connectivity index (χ0n) is 17.1. The molecular weight excluding hydrogens is 376 g/mol. The molecule has 5 nitrogen and oxygen atoms in total. The summed E-state index contributed by atoms with van der Waals surface area (Å²) < 4.78 is 10.6. The highest BCUT2D eigenvalue weighted by molar-refractivity contribution is 6.13. The predicted molar refractivity (Wildman–Crippen MR) is 119 cm³/mol. The van der Waals surface area contributed by atoms with E-state index in [1.165, 1.54) is 0 Å². The van der Waals surface area contributed by atoms with E-state index in [2.05, 4.69) is 5.32 Å². The van der Waals surface area contributed by atoms with Crippen LogP contribution in [0.15, 0.2) is 72.8 Å². The molecule has 1 heterocycles. The van der Waals surface area contributed by atoms with Crippen LogP contribution in [0.1, 0.15) is 15.9 Å². The lowest BCUT2D eigenvalue weighted by molar-refractivity contribution is 0.102. The third-order valence-corrected chi connectivity index (χ3v) is 4.95. The topological polar surface area (TPSA) is 60.5 Å². The maximum absolute atomic E-state index is 13.3. The van der Waals surface area contributed by atoms with Gasteiger partial charge in [0.2, 0.25) is 0 Å². The normalized spacial score (nSPS) is 10.6. The zero-order chi connectivity index (χ0) is 21.1. The van der Waals surface area contributed by atoms with Gasteiger partial charge < -0.3 is 14.8 Å². The summed E-state index contributed by atoms with van der Waals surface area (Å²) in [5.74, 6) is 1.16. The van der Waals surface area contributed by atoms with Crippen LogP contribution in [0, 0.1) is 6.92 Å². The van der Waals surface area contributed by atoms with Crippen LogP contribution in [0.5, 0.6) is 11.5 Å². The van der Waals surface area contributed by atoms with Crippen LogP contribution in [0.4, 0.5) is 5.69 Å². The van der Waals surface area contributed by atoms with E-state index in [0.29, 0.717) is 17.0 Å². The van der Waals surface area contributed by atoms with E-state index in [-0.39, 0.29) is 5.91 Å². The van der Waals surface area contributed by atoms with E-state index in [9.17, 15) is 4.79 Å². The van der Waals surface area contributed by atoms with Gasteiger partial charge in [-0.2, -0.15) is 0 Å². The second kappa shape index (κ2) is 8.25. The van der Waals surface area contributed by atoms with Crippen molar-refractivity contribution >= 4 is 22.5 Å². The fourth-order valence-electron chi connectivity index (χ4n) is 3.37. The average molecular weight is 398 g/mol. The van der Waals surface area contributed by atoms with Crippen molar-refractivity contribution in [1.82, 2.24) is 4.98 Å². The van der Waals surface area contributed by atoms with Gasteiger partial charge in [-0.3, -0.25) is 4.79 Å². The summed E-state index contributed by atoms with van der Waals surface area (Å²) in [5, 5.41) is 3.78. The molecule has 0 radical (unpaired) electrons. The molecule has 1 aromatic heterocycles. The molecule has 4 aromatic rings. The number of benzene rings is 3. The van der Waals surface area contributed by atoms with Crippen LogP contribution in [-0.2, 0) is 0 Å². The van der Waals surface area contributed by atoms with Crippen molar-refractivity contribution in [2.75, 3.05) is 19.5 Å². The largest absolute Gasteiger partial charge is 0.497 e. The highest BCUT2D eigenvalue weighted by Gasteiger charge is 2.16. The highest BCUT2D eigenvalue weighted by atomic mass is 16.5. The van der Waals surface area contributed by atoms with Crippen molar-refractivity contribution < 1.29 is 14.3 Å². The lowest BCUT2D eigenvalue weighted by Crippen LogP contribution is -2.14. The number of amides is 1. The van der Waals surface area contributed by atoms with Gasteiger partial charge in [-0.1, -0.05) is 23.8 Å². The first kappa shape index (κ1) is 19.5. The summed E-state index contributed by atoms with van der Waals surface area (Å²) in [5.41, 5.74) is 4.63. The van der Waals surface area contributed by atoms with Gasteiger partial charge in [0.15, 0.2) is 0 Å². The average Bonchev–Trinajstić information content (AvgIpc) is 2.78. The van der Waals surface area contributed by atoms with E-state index in [1.54, 1.807) is 14.2 Å². The molecule has 0 atom stereocenters. The Morgan fingerprint density at radius 2 is 1.67 bits per heavy atom. The standard InChI is InChI=1S/C25H22N2O3/c1-16-8-13-21-19(14-16)20(25(28)27-22-6-4-5-7-24(22)30-3)15-23(26-21)17-9-11-18(29-2)12-10-17/h4-15H,1-3H3,(H,27,28). The van der Waals surface area contributed by atoms with Gasteiger partial charge in [0.05, 0.1) is 36.7 Å². The zero-order valence-corrected chi connectivity index (χ0v) is 17.1. The first-order valence-electron chi connectivity index (χ1n) is 9.59. The van der Waals surface area contributed by atoms with E-state index < -0.39 is 0 Å². The van der Waals surface area contributed by atoms with E-state index in [1.807, 2.05) is 79.7 Å². The van der Waals surface area contributed by atoms with Gasteiger partial charge in [-0.25, -0.2) is 4.98 Å². The molecule has 0 spiro atoms. The molecule has 30 heavy (non-hydrogen) atoms. The van der Waals surface area contributed by atoms with E-state index >= 15 is 0 Å². The van der Waals surface area contributed by atoms with Crippen LogP contribution in [0.3, 0.4) is 0 Å². The van der Waals surface area contributed by atoms with Crippen LogP contribution in [0.2, 0.25) is 0 Å². The molecule has 3 aromatic carbocycles. The van der Waals surface area contributed by atoms with E-state index in [4.69, 9.17) is 14.5 Å². The molecule has 0 aliphatic carbocycles. The number of ether oxygens (including phenoxy) is 2. The molecule has 0 bridgehead atoms. The number of methoxy groups -OCH3 is 2. The number of para-hydroxylation sites is 2. The third kappa shape index (κ3) is 3.82. The van der Waals surface area contributed by atoms with Crippen molar-refractivity contribution in [2.24, 2.45) is 0 Å². The Morgan fingerprint density at radius 1 is 0.900 bits per heavy atom. The highest BCUT2D eigenvalue weighted by Crippen LogP contribution is 2.29. The van der Waals surface area contributed by atoms with Crippen molar-refractivity contribution in [3.8, 4) is 22.8 Å². The van der Waals surface area contributed by atoms with Crippen molar-refractivity contribution in [2.45, 2.75) is 6.92 Å². The van der Waals surface area contributed by atoms with Crippen LogP contribution in [0.25, 0.3) is 22.2 Å². The molecular formula is C25H22N2O3. The number of hydrogen-bond acceptors (Lipinski definition) is 4. The minimum absolute atomic E-state index is 0.215. The number of aromatic nitrogens is 1. The number of nitrogens with zero attached hydrogens (tertiary/aromatic N) is 1. The lowest BCUT2D eigenvalue weighted by Gasteiger charge is -2.13. The first-order chi connectivity index (χ1) is 14.6. The second-order valence-electron chi connectivity index (χ2n) is 6.96. The third-order valence-electron chi connectivity index (χ3n) is 4.95. The van der Waals surface area contributed by atoms with Crippen LogP contribution >= 0.6 is 0 Å². The molecule has 0 aliphatic rings. The molecule has 0 saturated carbocycles. The summed E-state index contributed by atoms with van der Waals surface area (Å²) in [7, 11) is 3.21. The number of anilines is 1. The Morgan fingerprint density at radius 3 is 2.40 bits per heavy atom. The number of rotatable bonds is 5. The predicted octanol–water partition coefficient (Wildman–Crippen LogP) is 5.48. The Labute approximate surface area is 175 Å². The first-order valence-corrected chi connectivity index (χ1v) is 9.59. The smallest absolute Gasteiger partial charge is 0.256 e. The Bertz CT molecular complexity index is 1220. The summed E-state index contributed by atoms with van der Waals surface area (Å²) in [4.78, 5) is 18.1. The summed E-state index contributed by atoms with van der Waals surface area (Å²) in [6, 6.07) is 22.7. The van der Waals surface area contributed by atoms with Gasteiger partial charge in [0.1, 0.15) is 11.5 Å². The number of pyridine rings is 1. The lowest BCUT2D eigenvalue weighted by atomic mass is 10.0.